The van der Waals surface area contributed by atoms with E-state index in [9.17, 15) is 14.4 Å². The summed E-state index contributed by atoms with van der Waals surface area (Å²) in [6.45, 7) is 4.99. The van der Waals surface area contributed by atoms with Gasteiger partial charge in [0.25, 0.3) is 5.56 Å². The van der Waals surface area contributed by atoms with Crippen molar-refractivity contribution in [3.8, 4) is 0 Å². The van der Waals surface area contributed by atoms with Gasteiger partial charge in [-0.2, -0.15) is 5.10 Å². The largest absolute Gasteiger partial charge is 0.341 e. The molecule has 0 aliphatic rings. The summed E-state index contributed by atoms with van der Waals surface area (Å²) in [5.74, 6) is -0.620. The molecule has 0 spiro atoms. The van der Waals surface area contributed by atoms with Crippen LogP contribution in [0.3, 0.4) is 0 Å². The third-order valence-corrected chi connectivity index (χ3v) is 3.30. The molecule has 0 fully saturated rings. The summed E-state index contributed by atoms with van der Waals surface area (Å²) in [5, 5.41) is 6.85. The van der Waals surface area contributed by atoms with Gasteiger partial charge in [-0.3, -0.25) is 14.4 Å². The highest BCUT2D eigenvalue weighted by molar-refractivity contribution is 6.02. The van der Waals surface area contributed by atoms with Crippen molar-refractivity contribution in [1.29, 1.82) is 0 Å². The molecule has 1 aromatic carbocycles. The molecule has 2 rings (SSSR count). The van der Waals surface area contributed by atoms with E-state index in [1.54, 1.807) is 30.3 Å². The van der Waals surface area contributed by atoms with Crippen molar-refractivity contribution in [2.75, 3.05) is 0 Å². The van der Waals surface area contributed by atoms with Crippen LogP contribution in [0.15, 0.2) is 47.3 Å². The van der Waals surface area contributed by atoms with E-state index in [1.807, 2.05) is 13.8 Å². The van der Waals surface area contributed by atoms with Gasteiger partial charge in [0.15, 0.2) is 5.78 Å². The predicted octanol–water partition coefficient (Wildman–Crippen LogP) is 1.88. The number of hydrogen-bond acceptors (Lipinski definition) is 4. The number of carbonyl (C=O) groups excluding carboxylic acids is 2. The minimum atomic E-state index is -0.930. The van der Waals surface area contributed by atoms with Gasteiger partial charge in [0.2, 0.25) is 5.91 Å². The Kier molecular flexibility index (Phi) is 5.05. The third kappa shape index (κ3) is 3.91. The van der Waals surface area contributed by atoms with Crippen LogP contribution in [0, 0.1) is 0 Å². The Bertz CT molecular complexity index is 766. The highest BCUT2D eigenvalue weighted by Crippen LogP contribution is 2.16. The summed E-state index contributed by atoms with van der Waals surface area (Å²) >= 11 is 0. The fourth-order valence-corrected chi connectivity index (χ4v) is 2.21. The molecule has 0 aliphatic carbocycles. The van der Waals surface area contributed by atoms with Gasteiger partial charge in [-0.15, -0.1) is 0 Å². The second kappa shape index (κ2) is 7.00. The first-order valence-corrected chi connectivity index (χ1v) is 7.36. The van der Waals surface area contributed by atoms with Crippen LogP contribution in [0.25, 0.3) is 0 Å². The Morgan fingerprint density at radius 3 is 2.30 bits per heavy atom. The Labute approximate surface area is 134 Å². The molecule has 120 valence electrons. The van der Waals surface area contributed by atoms with Gasteiger partial charge in [0, 0.05) is 18.6 Å². The summed E-state index contributed by atoms with van der Waals surface area (Å²) in [4.78, 5) is 36.0. The molecule has 1 amide bonds. The normalized spacial score (nSPS) is 12.0. The average molecular weight is 313 g/mol. The second-order valence-electron chi connectivity index (χ2n) is 5.50. The molecular formula is C17H19N3O3. The van der Waals surface area contributed by atoms with Crippen LogP contribution in [-0.4, -0.2) is 21.5 Å². The van der Waals surface area contributed by atoms with Crippen molar-refractivity contribution in [3.63, 3.8) is 0 Å². The zero-order valence-electron chi connectivity index (χ0n) is 13.3. The molecular weight excluding hydrogens is 294 g/mol. The van der Waals surface area contributed by atoms with E-state index in [2.05, 4.69) is 10.4 Å². The zero-order valence-corrected chi connectivity index (χ0v) is 13.3. The number of rotatable bonds is 5. The molecule has 23 heavy (non-hydrogen) atoms. The van der Waals surface area contributed by atoms with Crippen molar-refractivity contribution in [2.45, 2.75) is 32.9 Å². The molecule has 6 heteroatoms. The molecule has 1 N–H and O–H groups in total. The van der Waals surface area contributed by atoms with Crippen molar-refractivity contribution in [3.05, 3.63) is 64.1 Å². The fourth-order valence-electron chi connectivity index (χ4n) is 2.21. The Morgan fingerprint density at radius 1 is 1.09 bits per heavy atom. The zero-order chi connectivity index (χ0) is 17.0. The molecule has 1 atom stereocenters. The minimum absolute atomic E-state index is 0.146. The lowest BCUT2D eigenvalue weighted by Gasteiger charge is -2.18. The Morgan fingerprint density at radius 2 is 1.74 bits per heavy atom. The molecule has 1 unspecified atom stereocenters. The van der Waals surface area contributed by atoms with E-state index in [1.165, 1.54) is 23.7 Å². The van der Waals surface area contributed by atoms with E-state index >= 15 is 0 Å². The number of ketones is 1. The quantitative estimate of drug-likeness (QED) is 0.855. The molecule has 0 aliphatic heterocycles. The number of aromatic nitrogens is 2. The van der Waals surface area contributed by atoms with Gasteiger partial charge in [-0.25, -0.2) is 4.68 Å². The molecule has 0 bridgehead atoms. The van der Waals surface area contributed by atoms with Crippen LogP contribution in [-0.2, 0) is 4.79 Å². The first kappa shape index (κ1) is 16.6. The van der Waals surface area contributed by atoms with Crippen molar-refractivity contribution in [2.24, 2.45) is 0 Å². The number of amides is 1. The van der Waals surface area contributed by atoms with Crippen LogP contribution >= 0.6 is 0 Å². The highest BCUT2D eigenvalue weighted by atomic mass is 16.2. The summed E-state index contributed by atoms with van der Waals surface area (Å²) in [6.07, 6.45) is 0. The maximum absolute atomic E-state index is 12.7. The van der Waals surface area contributed by atoms with Gasteiger partial charge < -0.3 is 5.32 Å². The minimum Gasteiger partial charge on any atom is -0.341 e. The average Bonchev–Trinajstić information content (AvgIpc) is 2.53. The van der Waals surface area contributed by atoms with Gasteiger partial charge >= 0.3 is 0 Å². The van der Waals surface area contributed by atoms with Crippen LogP contribution in [0.5, 0.6) is 0 Å². The third-order valence-electron chi connectivity index (χ3n) is 3.30. The van der Waals surface area contributed by atoms with E-state index in [4.69, 9.17) is 0 Å². The Balaban J connectivity index is 2.47. The summed E-state index contributed by atoms with van der Waals surface area (Å²) in [7, 11) is 0. The lowest BCUT2D eigenvalue weighted by molar-refractivity contribution is -0.119. The number of carbonyl (C=O) groups is 2. The first-order chi connectivity index (χ1) is 10.9. The number of hydrogen-bond donors (Lipinski definition) is 1. The molecule has 6 nitrogen and oxygen atoms in total. The molecule has 0 saturated heterocycles. The number of nitrogens with one attached hydrogen (secondary N) is 1. The summed E-state index contributed by atoms with van der Waals surface area (Å²) in [5.41, 5.74) is 0.551. The summed E-state index contributed by atoms with van der Waals surface area (Å²) < 4.78 is 1.29. The standard InChI is InChI=1S/C17H19N3O3/c1-11(2)20-15(22)10-9-14(19-20)16(18-12(3)21)17(23)13-7-5-4-6-8-13/h4-11,16H,1-3H3,(H,18,21). The van der Waals surface area contributed by atoms with E-state index in [0.717, 1.165) is 0 Å². The molecule has 0 saturated carbocycles. The molecule has 0 radical (unpaired) electrons. The maximum atomic E-state index is 12.7. The fraction of sp³-hybridized carbons (Fsp3) is 0.294. The van der Waals surface area contributed by atoms with Crippen LogP contribution in [0.4, 0.5) is 0 Å². The van der Waals surface area contributed by atoms with Crippen molar-refractivity contribution < 1.29 is 9.59 Å². The van der Waals surface area contributed by atoms with Gasteiger partial charge in [0.05, 0.1) is 11.7 Å². The smallest absolute Gasteiger partial charge is 0.266 e. The first-order valence-electron chi connectivity index (χ1n) is 7.36. The topological polar surface area (TPSA) is 81.1 Å². The highest BCUT2D eigenvalue weighted by Gasteiger charge is 2.25. The van der Waals surface area contributed by atoms with Crippen molar-refractivity contribution >= 4 is 11.7 Å². The summed E-state index contributed by atoms with van der Waals surface area (Å²) in [6, 6.07) is 10.4. The molecule has 1 heterocycles. The van der Waals surface area contributed by atoms with E-state index in [0.29, 0.717) is 11.3 Å². The van der Waals surface area contributed by atoms with Crippen LogP contribution in [0.2, 0.25) is 0 Å². The van der Waals surface area contributed by atoms with Gasteiger partial charge in [-0.05, 0) is 19.9 Å². The SMILES string of the molecule is CC(=O)NC(C(=O)c1ccccc1)c1ccc(=O)n(C(C)C)n1. The Hall–Kier alpha value is -2.76. The number of nitrogens with zero attached hydrogens (tertiary/aromatic N) is 2. The maximum Gasteiger partial charge on any atom is 0.266 e. The van der Waals surface area contributed by atoms with Crippen LogP contribution < -0.4 is 10.9 Å². The van der Waals surface area contributed by atoms with Crippen molar-refractivity contribution in [1.82, 2.24) is 15.1 Å². The van der Waals surface area contributed by atoms with Crippen LogP contribution in [0.1, 0.15) is 48.9 Å². The van der Waals surface area contributed by atoms with Gasteiger partial charge in [0.1, 0.15) is 6.04 Å². The monoisotopic (exact) mass is 313 g/mol. The molecule has 2 aromatic rings. The van der Waals surface area contributed by atoms with Gasteiger partial charge in [-0.1, -0.05) is 30.3 Å². The number of Topliss-reactive ketones (excluding diaryl/α,β-unsaturated/α-hetero) is 1. The predicted molar refractivity (Wildman–Crippen MR) is 86.2 cm³/mol. The van der Waals surface area contributed by atoms with E-state index < -0.39 is 6.04 Å². The number of benzene rings is 1. The lowest BCUT2D eigenvalue weighted by Crippen LogP contribution is -2.35. The molecule has 1 aromatic heterocycles. The lowest BCUT2D eigenvalue weighted by atomic mass is 10.0. The van der Waals surface area contributed by atoms with E-state index in [-0.39, 0.29) is 23.3 Å². The second-order valence-corrected chi connectivity index (χ2v) is 5.50.